The number of nitrogens with zero attached hydrogens (tertiary/aromatic N) is 2. The van der Waals surface area contributed by atoms with E-state index in [0.29, 0.717) is 6.04 Å². The van der Waals surface area contributed by atoms with Gasteiger partial charge in [0.2, 0.25) is 0 Å². The Morgan fingerprint density at radius 3 is 2.65 bits per heavy atom. The van der Waals surface area contributed by atoms with Crippen molar-refractivity contribution in [2.24, 2.45) is 0 Å². The van der Waals surface area contributed by atoms with E-state index in [1.807, 2.05) is 0 Å². The summed E-state index contributed by atoms with van der Waals surface area (Å²) in [4.78, 5) is 7.30. The maximum atomic E-state index is 4.88. The zero-order valence-electron chi connectivity index (χ0n) is 12.3. The van der Waals surface area contributed by atoms with Crippen LogP contribution in [0.25, 0.3) is 0 Å². The SMILES string of the molecule is Cc1ccc(Cc2cccc([C@@H]3CCCN3C)n2)cc1. The molecule has 1 aliphatic rings. The molecule has 0 unspecified atom stereocenters. The summed E-state index contributed by atoms with van der Waals surface area (Å²) in [5, 5.41) is 0. The molecule has 1 saturated heterocycles. The molecule has 20 heavy (non-hydrogen) atoms. The second kappa shape index (κ2) is 5.76. The maximum Gasteiger partial charge on any atom is 0.0578 e. The van der Waals surface area contributed by atoms with E-state index in [1.54, 1.807) is 0 Å². The lowest BCUT2D eigenvalue weighted by molar-refractivity contribution is 0.311. The normalized spacial score (nSPS) is 19.4. The third-order valence-electron chi connectivity index (χ3n) is 4.20. The molecule has 1 fully saturated rings. The second-order valence-electron chi connectivity index (χ2n) is 5.85. The lowest BCUT2D eigenvalue weighted by Gasteiger charge is -2.19. The van der Waals surface area contributed by atoms with E-state index in [2.05, 4.69) is 61.3 Å². The average molecular weight is 266 g/mol. The molecule has 2 nitrogen and oxygen atoms in total. The van der Waals surface area contributed by atoms with Crippen LogP contribution in [-0.2, 0) is 6.42 Å². The Morgan fingerprint density at radius 1 is 1.15 bits per heavy atom. The van der Waals surface area contributed by atoms with Crippen molar-refractivity contribution in [1.29, 1.82) is 0 Å². The van der Waals surface area contributed by atoms with Crippen LogP contribution in [0.15, 0.2) is 42.5 Å². The minimum Gasteiger partial charge on any atom is -0.298 e. The first-order valence-corrected chi connectivity index (χ1v) is 7.44. The molecule has 0 aliphatic carbocycles. The summed E-state index contributed by atoms with van der Waals surface area (Å²) in [6, 6.07) is 15.7. The Hall–Kier alpha value is -1.67. The predicted octanol–water partition coefficient (Wildman–Crippen LogP) is 3.75. The lowest BCUT2D eigenvalue weighted by atomic mass is 10.1. The summed E-state index contributed by atoms with van der Waals surface area (Å²) in [7, 11) is 2.20. The van der Waals surface area contributed by atoms with Crippen molar-refractivity contribution < 1.29 is 0 Å². The Kier molecular flexibility index (Phi) is 3.83. The van der Waals surface area contributed by atoms with Crippen molar-refractivity contribution in [3.63, 3.8) is 0 Å². The molecule has 0 bridgehead atoms. The number of likely N-dealkylation sites (tertiary alicyclic amines) is 1. The Bertz CT molecular complexity index is 574. The molecule has 104 valence electrons. The van der Waals surface area contributed by atoms with E-state index >= 15 is 0 Å². The molecule has 0 spiro atoms. The van der Waals surface area contributed by atoms with E-state index in [-0.39, 0.29) is 0 Å². The molecule has 1 atom stereocenters. The van der Waals surface area contributed by atoms with Crippen LogP contribution in [-0.4, -0.2) is 23.5 Å². The van der Waals surface area contributed by atoms with E-state index in [9.17, 15) is 0 Å². The third-order valence-corrected chi connectivity index (χ3v) is 4.20. The highest BCUT2D eigenvalue weighted by atomic mass is 15.2. The van der Waals surface area contributed by atoms with Gasteiger partial charge in [-0.1, -0.05) is 35.9 Å². The zero-order valence-corrected chi connectivity index (χ0v) is 12.3. The van der Waals surface area contributed by atoms with Crippen molar-refractivity contribution in [2.45, 2.75) is 32.2 Å². The molecule has 3 rings (SSSR count). The van der Waals surface area contributed by atoms with Gasteiger partial charge in [0, 0.05) is 12.1 Å². The van der Waals surface area contributed by atoms with Crippen LogP contribution in [0.1, 0.15) is 41.4 Å². The Morgan fingerprint density at radius 2 is 1.95 bits per heavy atom. The zero-order chi connectivity index (χ0) is 13.9. The smallest absolute Gasteiger partial charge is 0.0578 e. The van der Waals surface area contributed by atoms with Gasteiger partial charge in [0.05, 0.1) is 11.7 Å². The van der Waals surface area contributed by atoms with Gasteiger partial charge in [0.1, 0.15) is 0 Å². The molecular formula is C18H22N2. The second-order valence-corrected chi connectivity index (χ2v) is 5.85. The molecule has 0 N–H and O–H groups in total. The van der Waals surface area contributed by atoms with Gasteiger partial charge in [-0.25, -0.2) is 0 Å². The number of aromatic nitrogens is 1. The Labute approximate surface area is 121 Å². The van der Waals surface area contributed by atoms with Crippen molar-refractivity contribution >= 4 is 0 Å². The minimum atomic E-state index is 0.507. The number of pyridine rings is 1. The molecule has 2 aromatic rings. The van der Waals surface area contributed by atoms with Crippen LogP contribution in [0.4, 0.5) is 0 Å². The van der Waals surface area contributed by atoms with Crippen LogP contribution >= 0.6 is 0 Å². The van der Waals surface area contributed by atoms with Crippen molar-refractivity contribution in [3.8, 4) is 0 Å². The standard InChI is InChI=1S/C18H22N2/c1-14-8-10-15(11-9-14)13-16-5-3-6-17(19-16)18-7-4-12-20(18)2/h3,5-6,8-11,18H,4,7,12-13H2,1-2H3/t18-/m0/s1. The fraction of sp³-hybridized carbons (Fsp3) is 0.389. The summed E-state index contributed by atoms with van der Waals surface area (Å²) in [5.74, 6) is 0. The van der Waals surface area contributed by atoms with Crippen molar-refractivity contribution in [2.75, 3.05) is 13.6 Å². The summed E-state index contributed by atoms with van der Waals surface area (Å²) in [6.07, 6.45) is 3.44. The van der Waals surface area contributed by atoms with Gasteiger partial charge in [0.25, 0.3) is 0 Å². The van der Waals surface area contributed by atoms with Crippen LogP contribution in [0.5, 0.6) is 0 Å². The largest absolute Gasteiger partial charge is 0.298 e. The van der Waals surface area contributed by atoms with Gasteiger partial charge in [-0.2, -0.15) is 0 Å². The van der Waals surface area contributed by atoms with Gasteiger partial charge in [-0.3, -0.25) is 9.88 Å². The van der Waals surface area contributed by atoms with Gasteiger partial charge in [-0.15, -0.1) is 0 Å². The first-order chi connectivity index (χ1) is 9.72. The van der Waals surface area contributed by atoms with Crippen LogP contribution in [0.3, 0.4) is 0 Å². The van der Waals surface area contributed by atoms with Crippen LogP contribution in [0, 0.1) is 6.92 Å². The van der Waals surface area contributed by atoms with E-state index in [0.717, 1.165) is 6.42 Å². The number of aryl methyl sites for hydroxylation is 1. The van der Waals surface area contributed by atoms with Gasteiger partial charge in [-0.05, 0) is 51.1 Å². The lowest BCUT2D eigenvalue weighted by Crippen LogP contribution is -2.18. The summed E-state index contributed by atoms with van der Waals surface area (Å²) in [6.45, 7) is 3.31. The highest BCUT2D eigenvalue weighted by Gasteiger charge is 2.23. The fourth-order valence-electron chi connectivity index (χ4n) is 2.98. The van der Waals surface area contributed by atoms with E-state index in [4.69, 9.17) is 4.98 Å². The van der Waals surface area contributed by atoms with Gasteiger partial charge in [0.15, 0.2) is 0 Å². The van der Waals surface area contributed by atoms with Crippen molar-refractivity contribution in [1.82, 2.24) is 9.88 Å². The molecule has 0 saturated carbocycles. The quantitative estimate of drug-likeness (QED) is 0.841. The van der Waals surface area contributed by atoms with Crippen LogP contribution < -0.4 is 0 Å². The number of hydrogen-bond acceptors (Lipinski definition) is 2. The molecule has 2 heterocycles. The monoisotopic (exact) mass is 266 g/mol. The van der Waals surface area contributed by atoms with E-state index < -0.39 is 0 Å². The summed E-state index contributed by atoms with van der Waals surface area (Å²) >= 11 is 0. The minimum absolute atomic E-state index is 0.507. The van der Waals surface area contributed by atoms with Gasteiger partial charge >= 0.3 is 0 Å². The maximum absolute atomic E-state index is 4.88. The molecule has 2 heteroatoms. The highest BCUT2D eigenvalue weighted by Crippen LogP contribution is 2.29. The number of hydrogen-bond donors (Lipinski definition) is 0. The topological polar surface area (TPSA) is 16.1 Å². The number of rotatable bonds is 3. The molecular weight excluding hydrogens is 244 g/mol. The first-order valence-electron chi connectivity index (χ1n) is 7.44. The van der Waals surface area contributed by atoms with Crippen molar-refractivity contribution in [3.05, 3.63) is 65.0 Å². The summed E-state index contributed by atoms with van der Waals surface area (Å²) < 4.78 is 0. The predicted molar refractivity (Wildman–Crippen MR) is 82.8 cm³/mol. The van der Waals surface area contributed by atoms with Crippen LogP contribution in [0.2, 0.25) is 0 Å². The van der Waals surface area contributed by atoms with E-state index in [1.165, 1.54) is 41.9 Å². The fourth-order valence-corrected chi connectivity index (χ4v) is 2.98. The molecule has 1 aromatic carbocycles. The molecule has 0 amide bonds. The van der Waals surface area contributed by atoms with Gasteiger partial charge < -0.3 is 0 Å². The molecule has 1 aliphatic heterocycles. The number of benzene rings is 1. The third kappa shape index (κ3) is 2.91. The average Bonchev–Trinajstić information content (AvgIpc) is 2.88. The first kappa shape index (κ1) is 13.3. The highest BCUT2D eigenvalue weighted by molar-refractivity contribution is 5.26. The summed E-state index contributed by atoms with van der Waals surface area (Å²) in [5.41, 5.74) is 5.05. The molecule has 0 radical (unpaired) electrons. The molecule has 1 aromatic heterocycles. The Balaban J connectivity index is 1.79.